The Bertz CT molecular complexity index is 856. The van der Waals surface area contributed by atoms with Crippen LogP contribution in [-0.4, -0.2) is 30.2 Å². The quantitative estimate of drug-likeness (QED) is 0.514. The second-order valence-electron chi connectivity index (χ2n) is 5.78. The molecule has 1 aromatic heterocycles. The van der Waals surface area contributed by atoms with Crippen LogP contribution in [0.4, 0.5) is 0 Å². The summed E-state index contributed by atoms with van der Waals surface area (Å²) < 4.78 is 7.27. The third-order valence-corrected chi connectivity index (χ3v) is 4.07. The number of nitrogens with two attached hydrogens (primary N) is 1. The number of hydrogen-bond acceptors (Lipinski definition) is 4. The number of esters is 1. The van der Waals surface area contributed by atoms with E-state index in [9.17, 15) is 4.79 Å². The zero-order valence-corrected chi connectivity index (χ0v) is 14.4. The third-order valence-electron chi connectivity index (χ3n) is 4.07. The number of rotatable bonds is 7. The summed E-state index contributed by atoms with van der Waals surface area (Å²) in [7, 11) is 0. The van der Waals surface area contributed by atoms with Crippen LogP contribution < -0.4 is 11.1 Å². The summed E-state index contributed by atoms with van der Waals surface area (Å²) in [5, 5.41) is 4.37. The number of hydrogen-bond donors (Lipinski definition) is 2. The zero-order valence-electron chi connectivity index (χ0n) is 14.4. The molecule has 0 atom stereocenters. The lowest BCUT2D eigenvalue weighted by atomic mass is 10.1. The molecule has 3 N–H and O–H groups in total. The minimum Gasteiger partial charge on any atom is -0.462 e. The van der Waals surface area contributed by atoms with Crippen LogP contribution in [0.15, 0.2) is 54.7 Å². The fourth-order valence-electron chi connectivity index (χ4n) is 2.91. The second kappa shape index (κ2) is 7.96. The Balaban J connectivity index is 2.07. The molecule has 3 aromatic rings. The molecule has 25 heavy (non-hydrogen) atoms. The molecule has 130 valence electrons. The fraction of sp³-hybridized carbons (Fsp3) is 0.250. The molecule has 3 rings (SSSR count). The van der Waals surface area contributed by atoms with Crippen LogP contribution in [0.25, 0.3) is 16.6 Å². The lowest BCUT2D eigenvalue weighted by Crippen LogP contribution is -2.21. The molecule has 0 saturated carbocycles. The highest BCUT2D eigenvalue weighted by molar-refractivity contribution is 5.96. The van der Waals surface area contributed by atoms with E-state index in [0.29, 0.717) is 25.3 Å². The van der Waals surface area contributed by atoms with Crippen LogP contribution in [-0.2, 0) is 11.3 Å². The van der Waals surface area contributed by atoms with Gasteiger partial charge in [0, 0.05) is 36.9 Å². The number of benzene rings is 2. The second-order valence-corrected chi connectivity index (χ2v) is 5.78. The predicted octanol–water partition coefficient (Wildman–Crippen LogP) is 2.86. The van der Waals surface area contributed by atoms with Gasteiger partial charge in [0.15, 0.2) is 0 Å². The highest BCUT2D eigenvalue weighted by Crippen LogP contribution is 2.26. The SMILES string of the molecule is CCOC(=O)c1ccc2c(c1)c(CNCCN)cn2-c1ccccc1. The molecule has 0 aliphatic rings. The first-order chi connectivity index (χ1) is 12.2. The van der Waals surface area contributed by atoms with Crippen molar-refractivity contribution in [1.82, 2.24) is 9.88 Å². The first-order valence-corrected chi connectivity index (χ1v) is 8.52. The van der Waals surface area contributed by atoms with Crippen molar-refractivity contribution in [3.8, 4) is 5.69 Å². The molecule has 5 heteroatoms. The van der Waals surface area contributed by atoms with Crippen molar-refractivity contribution >= 4 is 16.9 Å². The number of carbonyl (C=O) groups is 1. The highest BCUT2D eigenvalue weighted by Gasteiger charge is 2.13. The molecule has 2 aromatic carbocycles. The van der Waals surface area contributed by atoms with Crippen molar-refractivity contribution in [2.75, 3.05) is 19.7 Å². The van der Waals surface area contributed by atoms with Crippen molar-refractivity contribution in [3.63, 3.8) is 0 Å². The molecule has 0 saturated heterocycles. The molecule has 0 radical (unpaired) electrons. The van der Waals surface area contributed by atoms with Gasteiger partial charge in [0.05, 0.1) is 17.7 Å². The van der Waals surface area contributed by atoms with E-state index in [1.54, 1.807) is 0 Å². The lowest BCUT2D eigenvalue weighted by Gasteiger charge is -2.06. The van der Waals surface area contributed by atoms with Crippen molar-refractivity contribution in [2.24, 2.45) is 5.73 Å². The topological polar surface area (TPSA) is 69.3 Å². The summed E-state index contributed by atoms with van der Waals surface area (Å²) in [6.45, 7) is 4.21. The van der Waals surface area contributed by atoms with Crippen LogP contribution in [0.3, 0.4) is 0 Å². The molecule has 0 bridgehead atoms. The number of fused-ring (bicyclic) bond motifs is 1. The number of ether oxygens (including phenoxy) is 1. The average molecular weight is 337 g/mol. The maximum atomic E-state index is 12.1. The van der Waals surface area contributed by atoms with Crippen molar-refractivity contribution < 1.29 is 9.53 Å². The largest absolute Gasteiger partial charge is 0.462 e. The van der Waals surface area contributed by atoms with Crippen LogP contribution >= 0.6 is 0 Å². The predicted molar refractivity (Wildman–Crippen MR) is 100.0 cm³/mol. The summed E-state index contributed by atoms with van der Waals surface area (Å²) in [6.07, 6.45) is 2.11. The Morgan fingerprint density at radius 2 is 2.00 bits per heavy atom. The van der Waals surface area contributed by atoms with Gasteiger partial charge < -0.3 is 20.4 Å². The van der Waals surface area contributed by atoms with Crippen molar-refractivity contribution in [2.45, 2.75) is 13.5 Å². The Morgan fingerprint density at radius 1 is 1.20 bits per heavy atom. The van der Waals surface area contributed by atoms with E-state index < -0.39 is 0 Å². The summed E-state index contributed by atoms with van der Waals surface area (Å²) >= 11 is 0. The van der Waals surface area contributed by atoms with Gasteiger partial charge in [-0.15, -0.1) is 0 Å². The molecule has 0 spiro atoms. The number of aromatic nitrogens is 1. The normalized spacial score (nSPS) is 11.0. The van der Waals surface area contributed by atoms with E-state index in [4.69, 9.17) is 10.5 Å². The molecular weight excluding hydrogens is 314 g/mol. The van der Waals surface area contributed by atoms with E-state index >= 15 is 0 Å². The summed E-state index contributed by atoms with van der Waals surface area (Å²) in [5.74, 6) is -0.294. The van der Waals surface area contributed by atoms with E-state index in [0.717, 1.165) is 28.7 Å². The fourth-order valence-corrected chi connectivity index (χ4v) is 2.91. The van der Waals surface area contributed by atoms with Gasteiger partial charge in [0.2, 0.25) is 0 Å². The molecule has 0 fully saturated rings. The maximum absolute atomic E-state index is 12.1. The van der Waals surface area contributed by atoms with Gasteiger partial charge in [-0.2, -0.15) is 0 Å². The van der Waals surface area contributed by atoms with Gasteiger partial charge in [-0.1, -0.05) is 18.2 Å². The number of nitrogens with zero attached hydrogens (tertiary/aromatic N) is 1. The number of carbonyl (C=O) groups excluding carboxylic acids is 1. The van der Waals surface area contributed by atoms with Crippen LogP contribution in [0.5, 0.6) is 0 Å². The molecular formula is C20H23N3O2. The van der Waals surface area contributed by atoms with E-state index in [1.807, 2.05) is 43.3 Å². The van der Waals surface area contributed by atoms with Crippen molar-refractivity contribution in [3.05, 3.63) is 65.9 Å². The highest BCUT2D eigenvalue weighted by atomic mass is 16.5. The smallest absolute Gasteiger partial charge is 0.338 e. The Hall–Kier alpha value is -2.63. The van der Waals surface area contributed by atoms with Gasteiger partial charge in [0.1, 0.15) is 0 Å². The van der Waals surface area contributed by atoms with Crippen molar-refractivity contribution in [1.29, 1.82) is 0 Å². The monoisotopic (exact) mass is 337 g/mol. The first kappa shape index (κ1) is 17.2. The summed E-state index contributed by atoms with van der Waals surface area (Å²) in [4.78, 5) is 12.1. The Kier molecular flexibility index (Phi) is 5.48. The first-order valence-electron chi connectivity index (χ1n) is 8.52. The molecule has 0 aliphatic heterocycles. The van der Waals surface area contributed by atoms with Gasteiger partial charge in [-0.05, 0) is 42.8 Å². The van der Waals surface area contributed by atoms with Gasteiger partial charge >= 0.3 is 5.97 Å². The number of nitrogens with one attached hydrogen (secondary N) is 1. The van der Waals surface area contributed by atoms with E-state index in [2.05, 4.69) is 28.2 Å². The summed E-state index contributed by atoms with van der Waals surface area (Å²) in [5.41, 5.74) is 9.41. The molecule has 0 amide bonds. The van der Waals surface area contributed by atoms with Gasteiger partial charge in [0.25, 0.3) is 0 Å². The van der Waals surface area contributed by atoms with E-state index in [-0.39, 0.29) is 5.97 Å². The van der Waals surface area contributed by atoms with Crippen LogP contribution in [0.2, 0.25) is 0 Å². The minimum atomic E-state index is -0.294. The Morgan fingerprint density at radius 3 is 2.72 bits per heavy atom. The molecule has 0 unspecified atom stereocenters. The lowest BCUT2D eigenvalue weighted by molar-refractivity contribution is 0.0526. The van der Waals surface area contributed by atoms with Crippen LogP contribution in [0.1, 0.15) is 22.8 Å². The number of para-hydroxylation sites is 1. The van der Waals surface area contributed by atoms with Crippen LogP contribution in [0, 0.1) is 0 Å². The average Bonchev–Trinajstić information content (AvgIpc) is 3.01. The minimum absolute atomic E-state index is 0.294. The van der Waals surface area contributed by atoms with Gasteiger partial charge in [-0.3, -0.25) is 0 Å². The Labute approximate surface area is 147 Å². The molecule has 1 heterocycles. The zero-order chi connectivity index (χ0) is 17.6. The van der Waals surface area contributed by atoms with Gasteiger partial charge in [-0.25, -0.2) is 4.79 Å². The third kappa shape index (κ3) is 3.73. The standard InChI is InChI=1S/C20H23N3O2/c1-2-25-20(24)15-8-9-19-18(12-15)16(13-22-11-10-21)14-23(19)17-6-4-3-5-7-17/h3-9,12,14,22H,2,10-11,13,21H2,1H3. The van der Waals surface area contributed by atoms with E-state index in [1.165, 1.54) is 0 Å². The summed E-state index contributed by atoms with van der Waals surface area (Å²) in [6, 6.07) is 15.9. The maximum Gasteiger partial charge on any atom is 0.338 e. The molecule has 5 nitrogen and oxygen atoms in total. The molecule has 0 aliphatic carbocycles.